The number of nitrogens with one attached hydrogen (secondary N) is 1. The molecule has 1 aromatic heterocycles. The zero-order valence-corrected chi connectivity index (χ0v) is 11.5. The van der Waals surface area contributed by atoms with Gasteiger partial charge >= 0.3 is 0 Å². The van der Waals surface area contributed by atoms with E-state index in [0.29, 0.717) is 11.3 Å². The molecule has 1 aliphatic rings. The van der Waals surface area contributed by atoms with Crippen LogP contribution in [0.2, 0.25) is 5.28 Å². The van der Waals surface area contributed by atoms with Crippen molar-refractivity contribution in [1.29, 1.82) is 0 Å². The van der Waals surface area contributed by atoms with Crippen LogP contribution in [0.15, 0.2) is 6.20 Å². The molecule has 1 N–H and O–H groups in total. The summed E-state index contributed by atoms with van der Waals surface area (Å²) in [6.45, 7) is 6.68. The van der Waals surface area contributed by atoms with Gasteiger partial charge in [0, 0.05) is 17.8 Å². The summed E-state index contributed by atoms with van der Waals surface area (Å²) in [6, 6.07) is 0.519. The fourth-order valence-corrected chi connectivity index (χ4v) is 2.57. The Morgan fingerprint density at radius 1 is 1.29 bits per heavy atom. The summed E-state index contributed by atoms with van der Waals surface area (Å²) in [5.41, 5.74) is 1.06. The minimum absolute atomic E-state index is 0.315. The quantitative estimate of drug-likeness (QED) is 0.818. The molecule has 3 atom stereocenters. The lowest BCUT2D eigenvalue weighted by molar-refractivity contribution is 0.260. The number of nitrogens with zero attached hydrogens (tertiary/aromatic N) is 2. The highest BCUT2D eigenvalue weighted by molar-refractivity contribution is 6.28. The maximum atomic E-state index is 5.82. The molecule has 0 amide bonds. The number of aromatic nitrogens is 2. The van der Waals surface area contributed by atoms with Crippen molar-refractivity contribution in [2.75, 3.05) is 5.32 Å². The first-order chi connectivity index (χ1) is 8.06. The van der Waals surface area contributed by atoms with Crippen LogP contribution in [-0.4, -0.2) is 16.0 Å². The van der Waals surface area contributed by atoms with Crippen LogP contribution < -0.4 is 5.32 Å². The van der Waals surface area contributed by atoms with Crippen molar-refractivity contribution >= 4 is 17.4 Å². The number of hydrogen-bond acceptors (Lipinski definition) is 3. The minimum atomic E-state index is 0.315. The molecule has 3 unspecified atom stereocenters. The highest BCUT2D eigenvalue weighted by Gasteiger charge is 2.24. The molecule has 1 saturated carbocycles. The van der Waals surface area contributed by atoms with E-state index in [-0.39, 0.29) is 0 Å². The van der Waals surface area contributed by atoms with E-state index in [4.69, 9.17) is 11.6 Å². The van der Waals surface area contributed by atoms with Gasteiger partial charge in [0.1, 0.15) is 5.82 Å². The third-order valence-corrected chi connectivity index (χ3v) is 4.06. The van der Waals surface area contributed by atoms with Crippen molar-refractivity contribution in [3.05, 3.63) is 17.0 Å². The van der Waals surface area contributed by atoms with Crippen LogP contribution in [0.25, 0.3) is 0 Å². The monoisotopic (exact) mass is 253 g/mol. The minimum Gasteiger partial charge on any atom is -0.367 e. The molecule has 0 bridgehead atoms. The van der Waals surface area contributed by atoms with Crippen LogP contribution in [0.3, 0.4) is 0 Å². The summed E-state index contributed by atoms with van der Waals surface area (Å²) in [5.74, 6) is 2.50. The third-order valence-electron chi connectivity index (χ3n) is 3.88. The Hall–Kier alpha value is -0.830. The van der Waals surface area contributed by atoms with Crippen molar-refractivity contribution in [2.45, 2.75) is 46.1 Å². The highest BCUT2D eigenvalue weighted by Crippen LogP contribution is 2.31. The number of hydrogen-bond donors (Lipinski definition) is 1. The van der Waals surface area contributed by atoms with Crippen molar-refractivity contribution in [3.63, 3.8) is 0 Å². The summed E-state index contributed by atoms with van der Waals surface area (Å²) in [5, 5.41) is 3.82. The molecule has 17 heavy (non-hydrogen) atoms. The second-order valence-electron chi connectivity index (χ2n) is 5.28. The second kappa shape index (κ2) is 5.21. The summed E-state index contributed by atoms with van der Waals surface area (Å²) < 4.78 is 0. The maximum Gasteiger partial charge on any atom is 0.224 e. The first kappa shape index (κ1) is 12.6. The smallest absolute Gasteiger partial charge is 0.224 e. The molecule has 0 aromatic carbocycles. The molecule has 3 nitrogen and oxygen atoms in total. The van der Waals surface area contributed by atoms with E-state index in [1.165, 1.54) is 19.3 Å². The average Bonchev–Trinajstić information content (AvgIpc) is 2.29. The van der Waals surface area contributed by atoms with Gasteiger partial charge in [-0.2, -0.15) is 0 Å². The van der Waals surface area contributed by atoms with Gasteiger partial charge in [0.15, 0.2) is 0 Å². The van der Waals surface area contributed by atoms with Crippen molar-refractivity contribution in [3.8, 4) is 0 Å². The number of aryl methyl sites for hydroxylation is 1. The zero-order valence-electron chi connectivity index (χ0n) is 10.7. The van der Waals surface area contributed by atoms with Gasteiger partial charge < -0.3 is 5.32 Å². The predicted molar refractivity (Wildman–Crippen MR) is 71.4 cm³/mol. The third kappa shape index (κ3) is 3.09. The number of rotatable bonds is 2. The number of anilines is 1. The fraction of sp³-hybridized carbons (Fsp3) is 0.692. The maximum absolute atomic E-state index is 5.82. The lowest BCUT2D eigenvalue weighted by atomic mass is 9.79. The summed E-state index contributed by atoms with van der Waals surface area (Å²) in [6.07, 6.45) is 5.48. The van der Waals surface area contributed by atoms with E-state index >= 15 is 0 Å². The van der Waals surface area contributed by atoms with Crippen molar-refractivity contribution < 1.29 is 0 Å². The van der Waals surface area contributed by atoms with Crippen LogP contribution in [0.5, 0.6) is 0 Å². The largest absolute Gasteiger partial charge is 0.367 e. The van der Waals surface area contributed by atoms with Crippen LogP contribution in [0.4, 0.5) is 5.82 Å². The standard InChI is InChI=1S/C13H20ClN3/c1-8-4-5-11(6-9(8)2)16-12-10(3)7-15-13(14)17-12/h7-9,11H,4-6H2,1-3H3,(H,15,16,17). The Labute approximate surface area is 108 Å². The van der Waals surface area contributed by atoms with Crippen LogP contribution in [0.1, 0.15) is 38.7 Å². The van der Waals surface area contributed by atoms with Gasteiger partial charge in [-0.05, 0) is 49.6 Å². The summed E-state index contributed by atoms with van der Waals surface area (Å²) in [4.78, 5) is 8.23. The second-order valence-corrected chi connectivity index (χ2v) is 5.62. The molecule has 1 heterocycles. The lowest BCUT2D eigenvalue weighted by Gasteiger charge is -2.33. The lowest BCUT2D eigenvalue weighted by Crippen LogP contribution is -2.30. The van der Waals surface area contributed by atoms with Crippen molar-refractivity contribution in [1.82, 2.24) is 9.97 Å². The molecular formula is C13H20ClN3. The summed E-state index contributed by atoms with van der Waals surface area (Å²) >= 11 is 5.82. The number of halogens is 1. The topological polar surface area (TPSA) is 37.8 Å². The Morgan fingerprint density at radius 2 is 2.06 bits per heavy atom. The van der Waals surface area contributed by atoms with Gasteiger partial charge in [-0.3, -0.25) is 0 Å². The van der Waals surface area contributed by atoms with Gasteiger partial charge in [0.2, 0.25) is 5.28 Å². The van der Waals surface area contributed by atoms with Gasteiger partial charge in [-0.25, -0.2) is 9.97 Å². The fourth-order valence-electron chi connectivity index (χ4n) is 2.44. The SMILES string of the molecule is Cc1cnc(Cl)nc1NC1CCC(C)C(C)C1. The molecule has 0 spiro atoms. The van der Waals surface area contributed by atoms with Gasteiger partial charge in [-0.15, -0.1) is 0 Å². The summed E-state index contributed by atoms with van der Waals surface area (Å²) in [7, 11) is 0. The van der Waals surface area contributed by atoms with E-state index in [9.17, 15) is 0 Å². The predicted octanol–water partition coefficient (Wildman–Crippen LogP) is 3.68. The van der Waals surface area contributed by atoms with E-state index in [2.05, 4.69) is 29.1 Å². The van der Waals surface area contributed by atoms with Gasteiger partial charge in [0.25, 0.3) is 0 Å². The Morgan fingerprint density at radius 3 is 2.76 bits per heavy atom. The molecule has 0 radical (unpaired) electrons. The van der Waals surface area contributed by atoms with Crippen molar-refractivity contribution in [2.24, 2.45) is 11.8 Å². The van der Waals surface area contributed by atoms with E-state index in [0.717, 1.165) is 23.2 Å². The first-order valence-electron chi connectivity index (χ1n) is 6.32. The Balaban J connectivity index is 2.03. The molecule has 0 aliphatic heterocycles. The molecule has 4 heteroatoms. The normalized spacial score (nSPS) is 29.1. The van der Waals surface area contributed by atoms with Gasteiger partial charge in [0.05, 0.1) is 0 Å². The van der Waals surface area contributed by atoms with E-state index in [1.54, 1.807) is 6.20 Å². The van der Waals surface area contributed by atoms with E-state index < -0.39 is 0 Å². The molecular weight excluding hydrogens is 234 g/mol. The van der Waals surface area contributed by atoms with Crippen LogP contribution in [-0.2, 0) is 0 Å². The highest BCUT2D eigenvalue weighted by atomic mass is 35.5. The van der Waals surface area contributed by atoms with Crippen LogP contribution in [0, 0.1) is 18.8 Å². The molecule has 1 aliphatic carbocycles. The molecule has 94 valence electrons. The first-order valence-corrected chi connectivity index (χ1v) is 6.69. The van der Waals surface area contributed by atoms with Crippen LogP contribution >= 0.6 is 11.6 Å². The zero-order chi connectivity index (χ0) is 12.4. The molecule has 1 aromatic rings. The average molecular weight is 254 g/mol. The van der Waals surface area contributed by atoms with E-state index in [1.807, 2.05) is 6.92 Å². The Kier molecular flexibility index (Phi) is 3.87. The van der Waals surface area contributed by atoms with Gasteiger partial charge in [-0.1, -0.05) is 13.8 Å². The molecule has 2 rings (SSSR count). The Bertz CT molecular complexity index is 394. The molecule has 0 saturated heterocycles. The molecule has 1 fully saturated rings.